The van der Waals surface area contributed by atoms with E-state index in [1.165, 1.54) is 0 Å². The van der Waals surface area contributed by atoms with Crippen molar-refractivity contribution >= 4 is 11.6 Å². The molecule has 0 saturated heterocycles. The topological polar surface area (TPSA) is 44.5 Å². The lowest BCUT2D eigenvalue weighted by Gasteiger charge is -2.13. The van der Waals surface area contributed by atoms with Crippen LogP contribution in [-0.2, 0) is 13.2 Å². The molecule has 0 amide bonds. The van der Waals surface area contributed by atoms with E-state index in [2.05, 4.69) is 0 Å². The molecule has 2 aromatic carbocycles. The van der Waals surface area contributed by atoms with Crippen LogP contribution in [0.4, 0.5) is 0 Å². The maximum Gasteiger partial charge on any atom is 0.142 e. The monoisotopic (exact) mass is 277 g/mol. The molecule has 2 aromatic rings. The molecule has 2 N–H and O–H groups in total. The van der Waals surface area contributed by atoms with Crippen LogP contribution in [-0.4, -0.2) is 7.11 Å². The van der Waals surface area contributed by atoms with Crippen LogP contribution < -0.4 is 15.2 Å². The molecule has 0 fully saturated rings. The maximum atomic E-state index is 6.14. The smallest absolute Gasteiger partial charge is 0.142 e. The van der Waals surface area contributed by atoms with Gasteiger partial charge in [-0.05, 0) is 12.1 Å². The Kier molecular flexibility index (Phi) is 4.66. The van der Waals surface area contributed by atoms with Crippen molar-refractivity contribution in [1.29, 1.82) is 0 Å². The van der Waals surface area contributed by atoms with Gasteiger partial charge in [-0.2, -0.15) is 0 Å². The summed E-state index contributed by atoms with van der Waals surface area (Å²) in [6.45, 7) is 0.780. The SMILES string of the molecule is COc1ccccc1COc1c(Cl)cccc1CN. The summed E-state index contributed by atoms with van der Waals surface area (Å²) < 4.78 is 11.1. The first-order valence-electron chi connectivity index (χ1n) is 5.98. The highest BCUT2D eigenvalue weighted by Gasteiger charge is 2.09. The fourth-order valence-corrected chi connectivity index (χ4v) is 2.10. The van der Waals surface area contributed by atoms with Gasteiger partial charge in [0.2, 0.25) is 0 Å². The number of rotatable bonds is 5. The van der Waals surface area contributed by atoms with E-state index in [9.17, 15) is 0 Å². The minimum Gasteiger partial charge on any atom is -0.496 e. The van der Waals surface area contributed by atoms with E-state index in [1.54, 1.807) is 13.2 Å². The second-order valence-corrected chi connectivity index (χ2v) is 4.44. The van der Waals surface area contributed by atoms with Crippen LogP contribution in [0.25, 0.3) is 0 Å². The van der Waals surface area contributed by atoms with Crippen LogP contribution in [0, 0.1) is 0 Å². The standard InChI is InChI=1S/C15H16ClNO2/c1-18-14-8-3-2-5-12(14)10-19-15-11(9-17)6-4-7-13(15)16/h2-8H,9-10,17H2,1H3. The molecule has 0 saturated carbocycles. The van der Waals surface area contributed by atoms with Crippen LogP contribution in [0.5, 0.6) is 11.5 Å². The summed E-state index contributed by atoms with van der Waals surface area (Å²) in [5.74, 6) is 1.43. The van der Waals surface area contributed by atoms with Gasteiger partial charge in [-0.25, -0.2) is 0 Å². The molecule has 2 rings (SSSR count). The van der Waals surface area contributed by atoms with Crippen molar-refractivity contribution in [1.82, 2.24) is 0 Å². The van der Waals surface area contributed by atoms with E-state index >= 15 is 0 Å². The van der Waals surface area contributed by atoms with Crippen LogP contribution in [0.1, 0.15) is 11.1 Å². The first-order valence-corrected chi connectivity index (χ1v) is 6.36. The molecule has 0 spiro atoms. The number of ether oxygens (including phenoxy) is 2. The van der Waals surface area contributed by atoms with Gasteiger partial charge in [0, 0.05) is 17.7 Å². The molecule has 0 aliphatic rings. The molecule has 0 radical (unpaired) electrons. The number of benzene rings is 2. The summed E-state index contributed by atoms with van der Waals surface area (Å²) in [4.78, 5) is 0. The number of methoxy groups -OCH3 is 1. The van der Waals surface area contributed by atoms with Crippen molar-refractivity contribution < 1.29 is 9.47 Å². The third-order valence-electron chi connectivity index (χ3n) is 2.83. The predicted octanol–water partition coefficient (Wildman–Crippen LogP) is 3.39. The van der Waals surface area contributed by atoms with Gasteiger partial charge in [0.05, 0.1) is 12.1 Å². The van der Waals surface area contributed by atoms with Crippen molar-refractivity contribution in [2.75, 3.05) is 7.11 Å². The Morgan fingerprint density at radius 2 is 1.79 bits per heavy atom. The van der Waals surface area contributed by atoms with Crippen LogP contribution in [0.15, 0.2) is 42.5 Å². The Labute approximate surface area is 117 Å². The molecule has 4 heteroatoms. The lowest BCUT2D eigenvalue weighted by molar-refractivity contribution is 0.294. The quantitative estimate of drug-likeness (QED) is 0.911. The molecule has 3 nitrogen and oxygen atoms in total. The van der Waals surface area contributed by atoms with Crippen molar-refractivity contribution in [3.05, 3.63) is 58.6 Å². The number of hydrogen-bond acceptors (Lipinski definition) is 3. The first kappa shape index (κ1) is 13.7. The van der Waals surface area contributed by atoms with Gasteiger partial charge in [0.1, 0.15) is 18.1 Å². The van der Waals surface area contributed by atoms with Crippen molar-refractivity contribution in [2.45, 2.75) is 13.2 Å². The number of halogens is 1. The molecule has 100 valence electrons. The van der Waals surface area contributed by atoms with E-state index in [4.69, 9.17) is 26.8 Å². The Morgan fingerprint density at radius 3 is 2.53 bits per heavy atom. The Bertz CT molecular complexity index is 558. The fourth-order valence-electron chi connectivity index (χ4n) is 1.85. The second kappa shape index (κ2) is 6.45. The Balaban J connectivity index is 2.19. The summed E-state index contributed by atoms with van der Waals surface area (Å²) in [7, 11) is 1.64. The van der Waals surface area contributed by atoms with Crippen LogP contribution in [0.2, 0.25) is 5.02 Å². The van der Waals surface area contributed by atoms with Gasteiger partial charge in [0.15, 0.2) is 0 Å². The number of para-hydroxylation sites is 2. The molecule has 0 heterocycles. The maximum absolute atomic E-state index is 6.14. The van der Waals surface area contributed by atoms with E-state index in [1.807, 2.05) is 36.4 Å². The lowest BCUT2D eigenvalue weighted by Crippen LogP contribution is -2.04. The summed E-state index contributed by atoms with van der Waals surface area (Å²) in [5, 5.41) is 0.567. The van der Waals surface area contributed by atoms with Gasteiger partial charge < -0.3 is 15.2 Å². The zero-order chi connectivity index (χ0) is 13.7. The molecular weight excluding hydrogens is 262 g/mol. The molecule has 0 aliphatic heterocycles. The Morgan fingerprint density at radius 1 is 1.05 bits per heavy atom. The van der Waals surface area contributed by atoms with Gasteiger partial charge in [-0.1, -0.05) is 41.9 Å². The highest BCUT2D eigenvalue weighted by Crippen LogP contribution is 2.30. The fraction of sp³-hybridized carbons (Fsp3) is 0.200. The van der Waals surface area contributed by atoms with Gasteiger partial charge in [-0.3, -0.25) is 0 Å². The molecule has 19 heavy (non-hydrogen) atoms. The zero-order valence-corrected chi connectivity index (χ0v) is 11.5. The molecule has 0 bridgehead atoms. The summed E-state index contributed by atoms with van der Waals surface area (Å²) in [6, 6.07) is 13.3. The molecule has 0 atom stereocenters. The minimum atomic E-state index is 0.390. The molecule has 0 unspecified atom stereocenters. The first-order chi connectivity index (χ1) is 9.26. The second-order valence-electron chi connectivity index (χ2n) is 4.03. The van der Waals surface area contributed by atoms with E-state index in [-0.39, 0.29) is 0 Å². The lowest BCUT2D eigenvalue weighted by atomic mass is 10.2. The van der Waals surface area contributed by atoms with E-state index in [0.717, 1.165) is 16.9 Å². The van der Waals surface area contributed by atoms with Crippen molar-refractivity contribution in [2.24, 2.45) is 5.73 Å². The van der Waals surface area contributed by atoms with Crippen molar-refractivity contribution in [3.63, 3.8) is 0 Å². The van der Waals surface area contributed by atoms with Crippen molar-refractivity contribution in [3.8, 4) is 11.5 Å². The summed E-state index contributed by atoms with van der Waals surface area (Å²) >= 11 is 6.14. The van der Waals surface area contributed by atoms with Gasteiger partial charge in [0.25, 0.3) is 0 Å². The van der Waals surface area contributed by atoms with Gasteiger partial charge in [-0.15, -0.1) is 0 Å². The molecule has 0 aromatic heterocycles. The average Bonchev–Trinajstić information content (AvgIpc) is 2.46. The van der Waals surface area contributed by atoms with Crippen LogP contribution >= 0.6 is 11.6 Å². The predicted molar refractivity (Wildman–Crippen MR) is 76.7 cm³/mol. The largest absolute Gasteiger partial charge is 0.496 e. The molecular formula is C15H16ClNO2. The summed E-state index contributed by atoms with van der Waals surface area (Å²) in [5.41, 5.74) is 7.54. The number of hydrogen-bond donors (Lipinski definition) is 1. The highest BCUT2D eigenvalue weighted by atomic mass is 35.5. The third-order valence-corrected chi connectivity index (χ3v) is 3.13. The number of nitrogens with two attached hydrogens (primary N) is 1. The normalized spacial score (nSPS) is 10.3. The minimum absolute atomic E-state index is 0.390. The average molecular weight is 278 g/mol. The zero-order valence-electron chi connectivity index (χ0n) is 10.7. The third kappa shape index (κ3) is 3.19. The van der Waals surface area contributed by atoms with Crippen LogP contribution in [0.3, 0.4) is 0 Å². The van der Waals surface area contributed by atoms with Gasteiger partial charge >= 0.3 is 0 Å². The Hall–Kier alpha value is -1.71. The van der Waals surface area contributed by atoms with E-state index in [0.29, 0.717) is 23.9 Å². The summed E-state index contributed by atoms with van der Waals surface area (Å²) in [6.07, 6.45) is 0. The highest BCUT2D eigenvalue weighted by molar-refractivity contribution is 6.32. The van der Waals surface area contributed by atoms with E-state index < -0.39 is 0 Å². The molecule has 0 aliphatic carbocycles.